The average Bonchev–Trinajstić information content (AvgIpc) is 3.26. The van der Waals surface area contributed by atoms with Crippen molar-refractivity contribution in [2.75, 3.05) is 6.54 Å². The molecule has 3 aliphatic rings. The van der Waals surface area contributed by atoms with Gasteiger partial charge in [-0.3, -0.25) is 0 Å². The maximum absolute atomic E-state index is 12.8. The van der Waals surface area contributed by atoms with Crippen LogP contribution in [0.15, 0.2) is 60.7 Å². The number of benzene rings is 2. The number of nitrogens with one attached hydrogen (secondary N) is 1. The van der Waals surface area contributed by atoms with Crippen LogP contribution in [0.1, 0.15) is 52.8 Å². The van der Waals surface area contributed by atoms with Gasteiger partial charge in [0.2, 0.25) is 0 Å². The fourth-order valence-corrected chi connectivity index (χ4v) is 5.77. The molecule has 3 fully saturated rings. The molecule has 31 heavy (non-hydrogen) atoms. The summed E-state index contributed by atoms with van der Waals surface area (Å²) in [6, 6.07) is 18.7. The SMILES string of the molecule is O=C(OC1CC2CC3CCNC3CC2CC1OC(=O)c1ccccc1)c1ccccc1. The minimum absolute atomic E-state index is 0.346. The highest BCUT2D eigenvalue weighted by Crippen LogP contribution is 2.46. The standard InChI is InChI=1S/C26H29NO4/c28-25(17-7-3-1-4-8-17)30-23-15-20-13-19-11-12-27-22(19)14-21(20)16-24(23)31-26(29)18-9-5-2-6-10-18/h1-10,19-24,27H,11-16H2. The Morgan fingerprint density at radius 2 is 1.19 bits per heavy atom. The van der Waals surface area contributed by atoms with Gasteiger partial charge in [-0.2, -0.15) is 0 Å². The quantitative estimate of drug-likeness (QED) is 0.751. The van der Waals surface area contributed by atoms with Crippen molar-refractivity contribution in [3.05, 3.63) is 71.8 Å². The van der Waals surface area contributed by atoms with Crippen molar-refractivity contribution < 1.29 is 19.1 Å². The van der Waals surface area contributed by atoms with Gasteiger partial charge >= 0.3 is 11.9 Å². The second-order valence-corrected chi connectivity index (χ2v) is 9.19. The number of carbonyl (C=O) groups is 2. The fraction of sp³-hybridized carbons (Fsp3) is 0.462. The van der Waals surface area contributed by atoms with E-state index in [1.807, 2.05) is 36.4 Å². The number of fused-ring (bicyclic) bond motifs is 2. The molecule has 0 bridgehead atoms. The highest BCUT2D eigenvalue weighted by atomic mass is 16.6. The third kappa shape index (κ3) is 4.38. The Balaban J connectivity index is 1.34. The van der Waals surface area contributed by atoms with Gasteiger partial charge in [-0.15, -0.1) is 0 Å². The number of hydrogen-bond donors (Lipinski definition) is 1. The minimum atomic E-state index is -0.417. The molecule has 5 nitrogen and oxygen atoms in total. The molecule has 6 atom stereocenters. The van der Waals surface area contributed by atoms with E-state index in [4.69, 9.17) is 9.47 Å². The van der Waals surface area contributed by atoms with Crippen molar-refractivity contribution >= 4 is 11.9 Å². The lowest BCUT2D eigenvalue weighted by molar-refractivity contribution is -0.0852. The molecule has 1 aliphatic heterocycles. The molecule has 2 aromatic rings. The zero-order valence-electron chi connectivity index (χ0n) is 17.6. The van der Waals surface area contributed by atoms with Gasteiger partial charge in [0.25, 0.3) is 0 Å². The van der Waals surface area contributed by atoms with Crippen molar-refractivity contribution in [3.8, 4) is 0 Å². The third-order valence-corrected chi connectivity index (χ3v) is 7.34. The van der Waals surface area contributed by atoms with Gasteiger partial charge in [0.1, 0.15) is 12.2 Å². The van der Waals surface area contributed by atoms with Gasteiger partial charge in [0.15, 0.2) is 0 Å². The Morgan fingerprint density at radius 3 is 1.74 bits per heavy atom. The summed E-state index contributed by atoms with van der Waals surface area (Å²) >= 11 is 0. The highest BCUT2D eigenvalue weighted by Gasteiger charge is 2.47. The first kappa shape index (κ1) is 20.3. The first-order valence-corrected chi connectivity index (χ1v) is 11.4. The predicted molar refractivity (Wildman–Crippen MR) is 117 cm³/mol. The molecule has 1 saturated heterocycles. The van der Waals surface area contributed by atoms with E-state index in [9.17, 15) is 9.59 Å². The summed E-state index contributed by atoms with van der Waals surface area (Å²) in [5, 5.41) is 3.64. The van der Waals surface area contributed by atoms with Crippen LogP contribution in [-0.2, 0) is 9.47 Å². The summed E-state index contributed by atoms with van der Waals surface area (Å²) in [5.74, 6) is 1.03. The van der Waals surface area contributed by atoms with E-state index in [1.165, 1.54) is 12.8 Å². The zero-order valence-corrected chi connectivity index (χ0v) is 17.6. The summed E-state index contributed by atoms with van der Waals surface area (Å²) in [4.78, 5) is 25.6. The Labute approximate surface area is 183 Å². The fourth-order valence-electron chi connectivity index (χ4n) is 5.77. The van der Waals surface area contributed by atoms with Crippen LogP contribution >= 0.6 is 0 Å². The molecular formula is C26H29NO4. The summed E-state index contributed by atoms with van der Waals surface area (Å²) in [5.41, 5.74) is 1.06. The number of carbonyl (C=O) groups excluding carboxylic acids is 2. The summed E-state index contributed by atoms with van der Waals surface area (Å²) in [6.45, 7) is 1.09. The van der Waals surface area contributed by atoms with Crippen LogP contribution in [-0.4, -0.2) is 36.7 Å². The molecule has 5 heteroatoms. The number of rotatable bonds is 4. The summed E-state index contributed by atoms with van der Waals surface area (Å²) < 4.78 is 11.9. The smallest absolute Gasteiger partial charge is 0.338 e. The topological polar surface area (TPSA) is 64.6 Å². The van der Waals surface area contributed by atoms with Crippen molar-refractivity contribution in [3.63, 3.8) is 0 Å². The van der Waals surface area contributed by atoms with Crippen molar-refractivity contribution in [2.45, 2.75) is 50.4 Å². The van der Waals surface area contributed by atoms with Crippen LogP contribution in [0.2, 0.25) is 0 Å². The van der Waals surface area contributed by atoms with Crippen LogP contribution in [0, 0.1) is 17.8 Å². The highest BCUT2D eigenvalue weighted by molar-refractivity contribution is 5.90. The molecule has 0 aromatic heterocycles. The van der Waals surface area contributed by atoms with E-state index in [1.54, 1.807) is 24.3 Å². The maximum atomic E-state index is 12.8. The molecule has 1 heterocycles. The molecule has 162 valence electrons. The van der Waals surface area contributed by atoms with Gasteiger partial charge in [-0.1, -0.05) is 36.4 Å². The summed E-state index contributed by atoms with van der Waals surface area (Å²) in [7, 11) is 0. The van der Waals surface area contributed by atoms with Gasteiger partial charge in [0, 0.05) is 6.04 Å². The molecule has 5 rings (SSSR count). The molecule has 2 saturated carbocycles. The summed E-state index contributed by atoms with van der Waals surface area (Å²) in [6.07, 6.45) is 4.20. The van der Waals surface area contributed by atoms with Gasteiger partial charge in [-0.05, 0) is 80.7 Å². The van der Waals surface area contributed by atoms with Crippen LogP contribution < -0.4 is 5.32 Å². The molecule has 0 amide bonds. The van der Waals surface area contributed by atoms with E-state index in [2.05, 4.69) is 5.32 Å². The Hall–Kier alpha value is -2.66. The molecule has 0 radical (unpaired) electrons. The molecular weight excluding hydrogens is 390 g/mol. The monoisotopic (exact) mass is 419 g/mol. The van der Waals surface area contributed by atoms with E-state index in [-0.39, 0.29) is 11.9 Å². The van der Waals surface area contributed by atoms with Crippen LogP contribution in [0.25, 0.3) is 0 Å². The van der Waals surface area contributed by atoms with E-state index >= 15 is 0 Å². The average molecular weight is 420 g/mol. The lowest BCUT2D eigenvalue weighted by Gasteiger charge is -2.46. The first-order valence-electron chi connectivity index (χ1n) is 11.4. The molecule has 0 spiro atoms. The Morgan fingerprint density at radius 1 is 0.677 bits per heavy atom. The van der Waals surface area contributed by atoms with Crippen molar-refractivity contribution in [1.29, 1.82) is 0 Å². The molecule has 2 aliphatic carbocycles. The maximum Gasteiger partial charge on any atom is 0.338 e. The number of esters is 2. The molecule has 6 unspecified atom stereocenters. The van der Waals surface area contributed by atoms with Gasteiger partial charge < -0.3 is 14.8 Å². The zero-order chi connectivity index (χ0) is 21.2. The number of ether oxygens (including phenoxy) is 2. The van der Waals surface area contributed by atoms with E-state index in [0.29, 0.717) is 29.0 Å². The van der Waals surface area contributed by atoms with E-state index in [0.717, 1.165) is 31.7 Å². The first-order chi connectivity index (χ1) is 15.2. The molecule has 2 aromatic carbocycles. The largest absolute Gasteiger partial charge is 0.455 e. The van der Waals surface area contributed by atoms with Gasteiger partial charge in [-0.25, -0.2) is 9.59 Å². The van der Waals surface area contributed by atoms with Gasteiger partial charge in [0.05, 0.1) is 11.1 Å². The lowest BCUT2D eigenvalue weighted by Crippen LogP contribution is -2.49. The lowest BCUT2D eigenvalue weighted by atomic mass is 9.64. The molecule has 1 N–H and O–H groups in total. The second-order valence-electron chi connectivity index (χ2n) is 9.19. The minimum Gasteiger partial charge on any atom is -0.455 e. The van der Waals surface area contributed by atoms with Crippen molar-refractivity contribution in [2.24, 2.45) is 17.8 Å². The van der Waals surface area contributed by atoms with Crippen molar-refractivity contribution in [1.82, 2.24) is 5.32 Å². The third-order valence-electron chi connectivity index (χ3n) is 7.34. The second kappa shape index (κ2) is 8.83. The van der Waals surface area contributed by atoms with Crippen LogP contribution in [0.3, 0.4) is 0 Å². The predicted octanol–water partition coefficient (Wildman–Crippen LogP) is 4.24. The Bertz CT molecular complexity index is 840. The van der Waals surface area contributed by atoms with Crippen LogP contribution in [0.4, 0.5) is 0 Å². The number of hydrogen-bond acceptors (Lipinski definition) is 5. The Kier molecular flexibility index (Phi) is 5.77. The van der Waals surface area contributed by atoms with E-state index < -0.39 is 12.2 Å². The normalized spacial score (nSPS) is 31.9. The van der Waals surface area contributed by atoms with Crippen LogP contribution in [0.5, 0.6) is 0 Å².